The van der Waals surface area contributed by atoms with E-state index in [-0.39, 0.29) is 10.8 Å². The Bertz CT molecular complexity index is 667. The number of carbonyl (C=O) groups is 1. The van der Waals surface area contributed by atoms with Crippen LogP contribution in [0, 0.1) is 5.92 Å². The van der Waals surface area contributed by atoms with Gasteiger partial charge in [-0.3, -0.25) is 4.79 Å². The molecule has 0 spiro atoms. The van der Waals surface area contributed by atoms with Crippen molar-refractivity contribution in [1.29, 1.82) is 0 Å². The highest BCUT2D eigenvalue weighted by Crippen LogP contribution is 2.21. The molecule has 0 aliphatic carbocycles. The molecule has 25 heavy (non-hydrogen) atoms. The monoisotopic (exact) mass is 370 g/mol. The van der Waals surface area contributed by atoms with Gasteiger partial charge >= 0.3 is 0 Å². The van der Waals surface area contributed by atoms with Crippen molar-refractivity contribution in [3.05, 3.63) is 24.3 Å². The van der Waals surface area contributed by atoms with Gasteiger partial charge in [0.05, 0.1) is 18.1 Å². The number of nitrogens with zero attached hydrogens (tertiary/aromatic N) is 1. The average molecular weight is 370 g/mol. The SMILES string of the molecule is CC(C)CNC(=O)[C@@H](C)Oc1ccc(S(=O)(=O)N2CCOCC2)cc1. The number of carbonyl (C=O) groups excluding carboxylic acids is 1. The molecule has 1 aromatic carbocycles. The zero-order chi connectivity index (χ0) is 18.4. The topological polar surface area (TPSA) is 84.9 Å². The number of morpholine rings is 1. The maximum Gasteiger partial charge on any atom is 0.260 e. The second-order valence-corrected chi connectivity index (χ2v) is 8.32. The van der Waals surface area contributed by atoms with Crippen molar-refractivity contribution in [1.82, 2.24) is 9.62 Å². The van der Waals surface area contributed by atoms with Crippen molar-refractivity contribution in [3.8, 4) is 5.75 Å². The first-order valence-electron chi connectivity index (χ1n) is 8.43. The normalized spacial score (nSPS) is 17.3. The first-order valence-corrected chi connectivity index (χ1v) is 9.87. The lowest BCUT2D eigenvalue weighted by molar-refractivity contribution is -0.127. The lowest BCUT2D eigenvalue weighted by Gasteiger charge is -2.26. The number of benzene rings is 1. The van der Waals surface area contributed by atoms with E-state index in [1.807, 2.05) is 13.8 Å². The van der Waals surface area contributed by atoms with Crippen LogP contribution < -0.4 is 10.1 Å². The molecular formula is C17H26N2O5S. The molecule has 0 saturated carbocycles. The van der Waals surface area contributed by atoms with Gasteiger partial charge in [0.1, 0.15) is 5.75 Å². The number of hydrogen-bond acceptors (Lipinski definition) is 5. The minimum absolute atomic E-state index is 0.196. The summed E-state index contributed by atoms with van der Waals surface area (Å²) in [5.41, 5.74) is 0. The van der Waals surface area contributed by atoms with Crippen molar-refractivity contribution < 1.29 is 22.7 Å². The summed E-state index contributed by atoms with van der Waals surface area (Å²) in [5.74, 6) is 0.618. The molecule has 1 fully saturated rings. The average Bonchev–Trinajstić information content (AvgIpc) is 2.60. The molecule has 0 unspecified atom stereocenters. The van der Waals surface area contributed by atoms with Crippen molar-refractivity contribution >= 4 is 15.9 Å². The predicted molar refractivity (Wildman–Crippen MR) is 94.0 cm³/mol. The maximum absolute atomic E-state index is 12.5. The number of ether oxygens (including phenoxy) is 2. The summed E-state index contributed by atoms with van der Waals surface area (Å²) < 4.78 is 37.3. The fourth-order valence-electron chi connectivity index (χ4n) is 2.33. The molecule has 7 nitrogen and oxygen atoms in total. The molecule has 1 aliphatic heterocycles. The molecule has 140 valence electrons. The largest absolute Gasteiger partial charge is 0.481 e. The van der Waals surface area contributed by atoms with Gasteiger partial charge in [0.15, 0.2) is 6.10 Å². The molecule has 2 rings (SSSR count). The van der Waals surface area contributed by atoms with Gasteiger partial charge in [-0.15, -0.1) is 0 Å². The number of rotatable bonds is 7. The van der Waals surface area contributed by atoms with Gasteiger partial charge in [-0.1, -0.05) is 13.8 Å². The van der Waals surface area contributed by atoms with Gasteiger partial charge < -0.3 is 14.8 Å². The third-order valence-electron chi connectivity index (χ3n) is 3.80. The number of amides is 1. The third-order valence-corrected chi connectivity index (χ3v) is 5.71. The lowest BCUT2D eigenvalue weighted by Crippen LogP contribution is -2.40. The van der Waals surface area contributed by atoms with Crippen molar-refractivity contribution in [2.75, 3.05) is 32.8 Å². The number of nitrogens with one attached hydrogen (secondary N) is 1. The Hall–Kier alpha value is -1.64. The van der Waals surface area contributed by atoms with Gasteiger partial charge in [-0.05, 0) is 37.1 Å². The standard InChI is InChI=1S/C17H26N2O5S/c1-13(2)12-18-17(20)14(3)24-15-4-6-16(7-5-15)25(21,22)19-8-10-23-11-9-19/h4-7,13-14H,8-12H2,1-3H3,(H,18,20)/t14-/m1/s1. The fourth-order valence-corrected chi connectivity index (χ4v) is 3.74. The van der Waals surface area contributed by atoms with Crippen molar-refractivity contribution in [3.63, 3.8) is 0 Å². The quantitative estimate of drug-likeness (QED) is 0.781. The summed E-state index contributed by atoms with van der Waals surface area (Å²) >= 11 is 0. The van der Waals surface area contributed by atoms with Crippen LogP contribution in [-0.2, 0) is 19.6 Å². The highest BCUT2D eigenvalue weighted by Gasteiger charge is 2.26. The zero-order valence-corrected chi connectivity index (χ0v) is 15.7. The minimum Gasteiger partial charge on any atom is -0.481 e. The Kier molecular flexibility index (Phi) is 6.80. The first-order chi connectivity index (χ1) is 11.8. The summed E-state index contributed by atoms with van der Waals surface area (Å²) in [5, 5.41) is 2.80. The molecule has 1 saturated heterocycles. The van der Waals surface area contributed by atoms with Crippen molar-refractivity contribution in [2.45, 2.75) is 31.8 Å². The molecule has 8 heteroatoms. The van der Waals surface area contributed by atoms with Crippen LogP contribution in [0.4, 0.5) is 0 Å². The second kappa shape index (κ2) is 8.64. The van der Waals surface area contributed by atoms with E-state index < -0.39 is 16.1 Å². The Morgan fingerprint density at radius 1 is 1.20 bits per heavy atom. The third kappa shape index (κ3) is 5.42. The van der Waals surface area contributed by atoms with Crippen LogP contribution in [0.1, 0.15) is 20.8 Å². The molecule has 1 aromatic rings. The summed E-state index contributed by atoms with van der Waals surface area (Å²) in [6, 6.07) is 6.14. The van der Waals surface area contributed by atoms with Crippen LogP contribution >= 0.6 is 0 Å². The molecule has 0 bridgehead atoms. The highest BCUT2D eigenvalue weighted by atomic mass is 32.2. The number of sulfonamides is 1. The van der Waals surface area contributed by atoms with Crippen LogP contribution in [-0.4, -0.2) is 57.6 Å². The second-order valence-electron chi connectivity index (χ2n) is 6.39. The Balaban J connectivity index is 1.98. The van der Waals surface area contributed by atoms with E-state index in [0.717, 1.165) is 0 Å². The molecule has 1 amide bonds. The van der Waals surface area contributed by atoms with Crippen LogP contribution in [0.2, 0.25) is 0 Å². The fraction of sp³-hybridized carbons (Fsp3) is 0.588. The first kappa shape index (κ1) is 19.7. The molecule has 1 N–H and O–H groups in total. The smallest absolute Gasteiger partial charge is 0.260 e. The van der Waals surface area contributed by atoms with Gasteiger partial charge in [-0.2, -0.15) is 4.31 Å². The number of hydrogen-bond donors (Lipinski definition) is 1. The molecule has 0 aromatic heterocycles. The molecule has 1 heterocycles. The van der Waals surface area contributed by atoms with E-state index in [9.17, 15) is 13.2 Å². The summed E-state index contributed by atoms with van der Waals surface area (Å²) in [7, 11) is -3.52. The maximum atomic E-state index is 12.5. The highest BCUT2D eigenvalue weighted by molar-refractivity contribution is 7.89. The van der Waals surface area contributed by atoms with E-state index >= 15 is 0 Å². The Morgan fingerprint density at radius 3 is 2.36 bits per heavy atom. The Labute approximate surface area is 149 Å². The van der Waals surface area contributed by atoms with Gasteiger partial charge in [0.2, 0.25) is 10.0 Å². The Morgan fingerprint density at radius 2 is 1.80 bits per heavy atom. The van der Waals surface area contributed by atoms with E-state index in [1.54, 1.807) is 19.1 Å². The molecule has 1 atom stereocenters. The van der Waals surface area contributed by atoms with Gasteiger partial charge in [0.25, 0.3) is 5.91 Å². The zero-order valence-electron chi connectivity index (χ0n) is 14.9. The van der Waals surface area contributed by atoms with E-state index in [4.69, 9.17) is 9.47 Å². The van der Waals surface area contributed by atoms with Crippen LogP contribution in [0.25, 0.3) is 0 Å². The van der Waals surface area contributed by atoms with Crippen LogP contribution in [0.3, 0.4) is 0 Å². The van der Waals surface area contributed by atoms with E-state index in [2.05, 4.69) is 5.32 Å². The molecule has 0 radical (unpaired) electrons. The summed E-state index contributed by atoms with van der Waals surface area (Å²) in [4.78, 5) is 12.1. The van der Waals surface area contributed by atoms with E-state index in [0.29, 0.717) is 44.5 Å². The molecular weight excluding hydrogens is 344 g/mol. The lowest BCUT2D eigenvalue weighted by atomic mass is 10.2. The summed E-state index contributed by atoms with van der Waals surface area (Å²) in [6.45, 7) is 7.80. The predicted octanol–water partition coefficient (Wildman–Crippen LogP) is 1.25. The van der Waals surface area contributed by atoms with Crippen molar-refractivity contribution in [2.24, 2.45) is 5.92 Å². The minimum atomic E-state index is -3.52. The van der Waals surface area contributed by atoms with Gasteiger partial charge in [-0.25, -0.2) is 8.42 Å². The van der Waals surface area contributed by atoms with Gasteiger partial charge in [0, 0.05) is 19.6 Å². The summed E-state index contributed by atoms with van der Waals surface area (Å²) in [6.07, 6.45) is -0.652. The van der Waals surface area contributed by atoms with Crippen LogP contribution in [0.15, 0.2) is 29.2 Å². The van der Waals surface area contributed by atoms with Crippen LogP contribution in [0.5, 0.6) is 5.75 Å². The molecule has 1 aliphatic rings. The van der Waals surface area contributed by atoms with E-state index in [1.165, 1.54) is 16.4 Å².